The van der Waals surface area contributed by atoms with Crippen molar-refractivity contribution in [3.05, 3.63) is 28.3 Å². The van der Waals surface area contributed by atoms with Crippen molar-refractivity contribution in [2.75, 3.05) is 6.54 Å². The highest BCUT2D eigenvalue weighted by atomic mass is 32.2. The van der Waals surface area contributed by atoms with Crippen molar-refractivity contribution >= 4 is 15.9 Å². The van der Waals surface area contributed by atoms with Gasteiger partial charge in [-0.15, -0.1) is 0 Å². The van der Waals surface area contributed by atoms with Crippen LogP contribution < -0.4 is 10.5 Å². The van der Waals surface area contributed by atoms with Crippen LogP contribution in [0.5, 0.6) is 0 Å². The Bertz CT molecular complexity index is 612. The van der Waals surface area contributed by atoms with Crippen LogP contribution in [0.15, 0.2) is 11.0 Å². The Hall–Kier alpha value is -1.44. The van der Waals surface area contributed by atoms with Crippen LogP contribution in [0.25, 0.3) is 0 Å². The number of rotatable bonds is 5. The molecule has 0 aromatic heterocycles. The van der Waals surface area contributed by atoms with E-state index in [4.69, 9.17) is 5.73 Å². The van der Waals surface area contributed by atoms with Gasteiger partial charge in [-0.1, -0.05) is 6.07 Å². The molecule has 1 amide bonds. The predicted octanol–water partition coefficient (Wildman–Crippen LogP) is 0.0448. The maximum absolute atomic E-state index is 12.3. The maximum atomic E-state index is 12.3. The van der Waals surface area contributed by atoms with Crippen molar-refractivity contribution in [2.45, 2.75) is 38.7 Å². The Kier molecular flexibility index (Phi) is 4.90. The summed E-state index contributed by atoms with van der Waals surface area (Å²) in [6.45, 7) is 6.67. The number of sulfonamides is 1. The van der Waals surface area contributed by atoms with E-state index in [0.29, 0.717) is 11.1 Å². The highest BCUT2D eigenvalue weighted by molar-refractivity contribution is 7.89. The summed E-state index contributed by atoms with van der Waals surface area (Å²) in [5.74, 6) is -0.971. The minimum absolute atomic E-state index is 0.187. The minimum Gasteiger partial charge on any atom is -0.382 e. The molecule has 0 spiro atoms. The van der Waals surface area contributed by atoms with Gasteiger partial charge in [0.2, 0.25) is 15.9 Å². The van der Waals surface area contributed by atoms with E-state index in [1.807, 2.05) is 19.9 Å². The largest absolute Gasteiger partial charge is 0.382 e. The molecule has 1 unspecified atom stereocenters. The highest BCUT2D eigenvalue weighted by Crippen LogP contribution is 2.25. The van der Waals surface area contributed by atoms with Crippen LogP contribution in [0, 0.1) is 27.7 Å². The molecule has 112 valence electrons. The number of hydrogen-bond acceptors (Lipinski definition) is 4. The molecule has 0 fully saturated rings. The van der Waals surface area contributed by atoms with Gasteiger partial charge in [-0.25, -0.2) is 13.1 Å². The van der Waals surface area contributed by atoms with Crippen LogP contribution in [0.1, 0.15) is 22.3 Å². The molecule has 7 heteroatoms. The summed E-state index contributed by atoms with van der Waals surface area (Å²) in [7, 11) is -3.81. The Morgan fingerprint density at radius 1 is 1.25 bits per heavy atom. The van der Waals surface area contributed by atoms with E-state index >= 15 is 0 Å². The van der Waals surface area contributed by atoms with E-state index < -0.39 is 28.6 Å². The van der Waals surface area contributed by atoms with Gasteiger partial charge in [-0.05, 0) is 49.9 Å². The first-order chi connectivity index (χ1) is 9.08. The molecule has 0 aliphatic rings. The van der Waals surface area contributed by atoms with Crippen LogP contribution in [0.4, 0.5) is 0 Å². The number of aryl methyl sites for hydroxylation is 2. The van der Waals surface area contributed by atoms with Crippen molar-refractivity contribution in [1.29, 1.82) is 0 Å². The number of aliphatic hydroxyl groups excluding tert-OH is 1. The first kappa shape index (κ1) is 16.6. The average molecular weight is 300 g/mol. The van der Waals surface area contributed by atoms with Crippen LogP contribution in [0.2, 0.25) is 0 Å². The predicted molar refractivity (Wildman–Crippen MR) is 75.8 cm³/mol. The first-order valence-corrected chi connectivity index (χ1v) is 7.60. The third-order valence-electron chi connectivity index (χ3n) is 3.36. The molecule has 0 heterocycles. The second-order valence-electron chi connectivity index (χ2n) is 4.86. The van der Waals surface area contributed by atoms with E-state index in [-0.39, 0.29) is 4.90 Å². The SMILES string of the molecule is Cc1cc(C)c(C)c(S(=O)(=O)NCC(O)C(N)=O)c1C. The molecule has 0 aliphatic heterocycles. The molecule has 1 aromatic carbocycles. The zero-order chi connectivity index (χ0) is 15.7. The lowest BCUT2D eigenvalue weighted by molar-refractivity contribution is -0.125. The number of aliphatic hydroxyl groups is 1. The van der Waals surface area contributed by atoms with Gasteiger partial charge in [0.1, 0.15) is 6.10 Å². The van der Waals surface area contributed by atoms with Gasteiger partial charge in [0.25, 0.3) is 0 Å². The molecule has 20 heavy (non-hydrogen) atoms. The van der Waals surface area contributed by atoms with Crippen LogP contribution >= 0.6 is 0 Å². The highest BCUT2D eigenvalue weighted by Gasteiger charge is 2.23. The molecule has 6 nitrogen and oxygen atoms in total. The third-order valence-corrected chi connectivity index (χ3v) is 5.06. The number of primary amides is 1. The number of nitrogens with two attached hydrogens (primary N) is 1. The summed E-state index contributed by atoms with van der Waals surface area (Å²) in [6, 6.07) is 1.92. The molecular formula is C13H20N2O4S. The second kappa shape index (κ2) is 5.90. The van der Waals surface area contributed by atoms with Gasteiger partial charge in [0.05, 0.1) is 4.90 Å². The Morgan fingerprint density at radius 2 is 1.70 bits per heavy atom. The standard InChI is InChI=1S/C13H20N2O4S/c1-7-5-8(2)10(4)12(9(7)3)20(18,19)15-6-11(16)13(14)17/h5,11,15-16H,6H2,1-4H3,(H2,14,17). The fourth-order valence-electron chi connectivity index (χ4n) is 1.95. The van der Waals surface area contributed by atoms with Crippen LogP contribution in [-0.4, -0.2) is 32.1 Å². The van der Waals surface area contributed by atoms with Crippen molar-refractivity contribution in [1.82, 2.24) is 4.72 Å². The maximum Gasteiger partial charge on any atom is 0.247 e. The topological polar surface area (TPSA) is 109 Å². The van der Waals surface area contributed by atoms with Crippen molar-refractivity contribution in [3.8, 4) is 0 Å². The number of amides is 1. The molecular weight excluding hydrogens is 280 g/mol. The Morgan fingerprint density at radius 3 is 2.10 bits per heavy atom. The van der Waals surface area contributed by atoms with Crippen LogP contribution in [0.3, 0.4) is 0 Å². The second-order valence-corrected chi connectivity index (χ2v) is 6.56. The van der Waals surface area contributed by atoms with Gasteiger partial charge >= 0.3 is 0 Å². The molecule has 0 bridgehead atoms. The number of carbonyl (C=O) groups is 1. The van der Waals surface area contributed by atoms with Gasteiger partial charge in [-0.2, -0.15) is 0 Å². The van der Waals surface area contributed by atoms with Crippen molar-refractivity contribution < 1.29 is 18.3 Å². The monoisotopic (exact) mass is 300 g/mol. The molecule has 1 atom stereocenters. The summed E-state index contributed by atoms with van der Waals surface area (Å²) in [4.78, 5) is 10.9. The van der Waals surface area contributed by atoms with E-state index in [2.05, 4.69) is 4.72 Å². The van der Waals surface area contributed by atoms with Crippen molar-refractivity contribution in [2.24, 2.45) is 5.73 Å². The van der Waals surface area contributed by atoms with Crippen LogP contribution in [-0.2, 0) is 14.8 Å². The quantitative estimate of drug-likeness (QED) is 0.713. The summed E-state index contributed by atoms with van der Waals surface area (Å²) < 4.78 is 26.9. The number of hydrogen-bond donors (Lipinski definition) is 3. The van der Waals surface area contributed by atoms with Gasteiger partial charge in [0, 0.05) is 6.54 Å². The van der Waals surface area contributed by atoms with E-state index in [1.54, 1.807) is 13.8 Å². The smallest absolute Gasteiger partial charge is 0.247 e. The first-order valence-electron chi connectivity index (χ1n) is 6.12. The molecule has 0 saturated carbocycles. The Labute approximate surface area is 119 Å². The zero-order valence-electron chi connectivity index (χ0n) is 12.0. The van der Waals surface area contributed by atoms with Gasteiger partial charge < -0.3 is 10.8 Å². The van der Waals surface area contributed by atoms with E-state index in [1.165, 1.54) is 0 Å². The average Bonchev–Trinajstić information content (AvgIpc) is 2.33. The summed E-state index contributed by atoms with van der Waals surface area (Å²) in [5, 5.41) is 9.28. The lowest BCUT2D eigenvalue weighted by Crippen LogP contribution is -2.40. The Balaban J connectivity index is 3.20. The molecule has 0 saturated heterocycles. The fourth-order valence-corrected chi connectivity index (χ4v) is 3.59. The molecule has 4 N–H and O–H groups in total. The summed E-state index contributed by atoms with van der Waals surface area (Å²) in [6.07, 6.45) is -1.55. The minimum atomic E-state index is -3.81. The summed E-state index contributed by atoms with van der Waals surface area (Å²) >= 11 is 0. The third kappa shape index (κ3) is 3.36. The number of carbonyl (C=O) groups excluding carboxylic acids is 1. The normalized spacial score (nSPS) is 13.2. The number of nitrogens with one attached hydrogen (secondary N) is 1. The number of benzene rings is 1. The lowest BCUT2D eigenvalue weighted by Gasteiger charge is -2.16. The fraction of sp³-hybridized carbons (Fsp3) is 0.462. The van der Waals surface area contributed by atoms with E-state index in [9.17, 15) is 18.3 Å². The lowest BCUT2D eigenvalue weighted by atomic mass is 10.0. The zero-order valence-corrected chi connectivity index (χ0v) is 12.8. The van der Waals surface area contributed by atoms with Gasteiger partial charge in [-0.3, -0.25) is 4.79 Å². The summed E-state index contributed by atoms with van der Waals surface area (Å²) in [5.41, 5.74) is 7.91. The molecule has 1 rings (SSSR count). The molecule has 0 aliphatic carbocycles. The van der Waals surface area contributed by atoms with E-state index in [0.717, 1.165) is 11.1 Å². The van der Waals surface area contributed by atoms with Crippen molar-refractivity contribution in [3.63, 3.8) is 0 Å². The molecule has 0 radical (unpaired) electrons. The molecule has 1 aromatic rings. The van der Waals surface area contributed by atoms with Gasteiger partial charge in [0.15, 0.2) is 0 Å².